The van der Waals surface area contributed by atoms with Crippen LogP contribution in [0.1, 0.15) is 17.3 Å². The van der Waals surface area contributed by atoms with Crippen LogP contribution in [0.5, 0.6) is 11.5 Å². The van der Waals surface area contributed by atoms with Gasteiger partial charge in [-0.05, 0) is 43.3 Å². The molecule has 1 unspecified atom stereocenters. The molecule has 1 heterocycles. The van der Waals surface area contributed by atoms with Crippen LogP contribution in [0.15, 0.2) is 71.1 Å². The first-order valence-electron chi connectivity index (χ1n) is 10.2. The van der Waals surface area contributed by atoms with E-state index >= 15 is 0 Å². The van der Waals surface area contributed by atoms with E-state index < -0.39 is 18.0 Å². The van der Waals surface area contributed by atoms with Crippen molar-refractivity contribution < 1.29 is 28.2 Å². The van der Waals surface area contributed by atoms with Crippen LogP contribution < -0.4 is 14.8 Å². The molecule has 168 valence electrons. The number of carbonyl (C=O) groups excluding carboxylic acids is 2. The fourth-order valence-corrected chi connectivity index (χ4v) is 3.26. The third-order valence-electron chi connectivity index (χ3n) is 4.99. The molecule has 0 aliphatic carbocycles. The van der Waals surface area contributed by atoms with Gasteiger partial charge in [0.1, 0.15) is 17.0 Å². The number of carbonyl (C=O) groups is 2. The van der Waals surface area contributed by atoms with Gasteiger partial charge in [-0.1, -0.05) is 24.3 Å². The van der Waals surface area contributed by atoms with E-state index in [2.05, 4.69) is 10.3 Å². The van der Waals surface area contributed by atoms with Crippen molar-refractivity contribution in [3.05, 3.63) is 72.3 Å². The molecule has 0 fully saturated rings. The van der Waals surface area contributed by atoms with Gasteiger partial charge in [0, 0.05) is 6.07 Å². The number of nitrogens with one attached hydrogen (secondary N) is 1. The molecular weight excluding hydrogens is 424 g/mol. The van der Waals surface area contributed by atoms with Gasteiger partial charge >= 0.3 is 5.97 Å². The summed E-state index contributed by atoms with van der Waals surface area (Å²) in [5.74, 6) is 0.0938. The number of ether oxygens (including phenoxy) is 3. The maximum atomic E-state index is 12.9. The van der Waals surface area contributed by atoms with Crippen LogP contribution in [0.3, 0.4) is 0 Å². The molecule has 1 N–H and O–H groups in total. The number of hydrogen-bond donors (Lipinski definition) is 1. The second kappa shape index (κ2) is 9.44. The van der Waals surface area contributed by atoms with Crippen molar-refractivity contribution in [3.8, 4) is 23.0 Å². The number of anilines is 1. The number of para-hydroxylation sites is 2. The van der Waals surface area contributed by atoms with Gasteiger partial charge in [-0.2, -0.15) is 0 Å². The summed E-state index contributed by atoms with van der Waals surface area (Å²) in [5.41, 5.74) is 2.39. The molecule has 0 bridgehead atoms. The van der Waals surface area contributed by atoms with Crippen molar-refractivity contribution in [2.75, 3.05) is 19.5 Å². The smallest absolute Gasteiger partial charge is 0.339 e. The zero-order valence-electron chi connectivity index (χ0n) is 18.3. The molecule has 0 spiro atoms. The zero-order chi connectivity index (χ0) is 23.4. The van der Waals surface area contributed by atoms with Crippen molar-refractivity contribution in [2.45, 2.75) is 13.0 Å². The van der Waals surface area contributed by atoms with E-state index in [1.54, 1.807) is 48.5 Å². The second-order valence-electron chi connectivity index (χ2n) is 7.14. The number of aromatic nitrogens is 1. The number of nitrogens with zero attached hydrogens (tertiary/aromatic N) is 1. The Hall–Kier alpha value is -4.33. The Balaban J connectivity index is 1.52. The number of fused-ring (bicyclic) bond motifs is 1. The Morgan fingerprint density at radius 3 is 2.48 bits per heavy atom. The summed E-state index contributed by atoms with van der Waals surface area (Å²) in [6.45, 7) is 1.49. The van der Waals surface area contributed by atoms with Crippen molar-refractivity contribution in [1.29, 1.82) is 0 Å². The lowest BCUT2D eigenvalue weighted by molar-refractivity contribution is -0.123. The first-order valence-corrected chi connectivity index (χ1v) is 10.2. The maximum Gasteiger partial charge on any atom is 0.339 e. The average Bonchev–Trinajstić information content (AvgIpc) is 3.28. The van der Waals surface area contributed by atoms with E-state index in [1.165, 1.54) is 21.1 Å². The maximum absolute atomic E-state index is 12.9. The average molecular weight is 446 g/mol. The van der Waals surface area contributed by atoms with E-state index in [1.807, 2.05) is 18.2 Å². The number of oxazole rings is 1. The Morgan fingerprint density at radius 1 is 0.970 bits per heavy atom. The number of esters is 1. The van der Waals surface area contributed by atoms with E-state index in [4.69, 9.17) is 18.6 Å². The van der Waals surface area contributed by atoms with E-state index in [9.17, 15) is 9.59 Å². The highest BCUT2D eigenvalue weighted by atomic mass is 16.5. The number of benzene rings is 3. The monoisotopic (exact) mass is 446 g/mol. The highest BCUT2D eigenvalue weighted by molar-refractivity contribution is 6.00. The van der Waals surface area contributed by atoms with E-state index in [0.29, 0.717) is 39.7 Å². The van der Waals surface area contributed by atoms with Gasteiger partial charge < -0.3 is 23.9 Å². The summed E-state index contributed by atoms with van der Waals surface area (Å²) >= 11 is 0. The molecule has 1 amide bonds. The van der Waals surface area contributed by atoms with Crippen molar-refractivity contribution in [2.24, 2.45) is 0 Å². The molecule has 1 atom stereocenters. The summed E-state index contributed by atoms with van der Waals surface area (Å²) in [7, 11) is 3.01. The number of rotatable bonds is 7. The van der Waals surface area contributed by atoms with Gasteiger partial charge in [-0.15, -0.1) is 0 Å². The van der Waals surface area contributed by atoms with Crippen LogP contribution in [0.25, 0.3) is 22.6 Å². The molecule has 8 heteroatoms. The lowest BCUT2D eigenvalue weighted by atomic mass is 10.1. The Labute approximate surface area is 190 Å². The SMILES string of the molecule is COc1ccc(OC)c(NC(=O)C(C)OC(=O)c2ccccc2-c2nc3ccccc3o2)c1. The molecule has 0 aliphatic heterocycles. The minimum Gasteiger partial charge on any atom is -0.497 e. The highest BCUT2D eigenvalue weighted by Gasteiger charge is 2.24. The van der Waals surface area contributed by atoms with Crippen LogP contribution >= 0.6 is 0 Å². The molecule has 1 aromatic heterocycles. The minimum absolute atomic E-state index is 0.239. The third-order valence-corrected chi connectivity index (χ3v) is 4.99. The zero-order valence-corrected chi connectivity index (χ0v) is 18.3. The number of methoxy groups -OCH3 is 2. The van der Waals surface area contributed by atoms with Crippen LogP contribution in [0, 0.1) is 0 Å². The summed E-state index contributed by atoms with van der Waals surface area (Å²) < 4.78 is 21.7. The van der Waals surface area contributed by atoms with Gasteiger partial charge in [-0.25, -0.2) is 9.78 Å². The Morgan fingerprint density at radius 2 is 1.73 bits per heavy atom. The van der Waals surface area contributed by atoms with Crippen molar-refractivity contribution >= 4 is 28.7 Å². The standard InChI is InChI=1S/C25H22N2O6/c1-15(23(28)26-20-14-16(30-2)12-13-21(20)31-3)32-25(29)18-9-5-4-8-17(18)24-27-19-10-6-7-11-22(19)33-24/h4-15H,1-3H3,(H,26,28). The predicted octanol–water partition coefficient (Wildman–Crippen LogP) is 4.70. The third kappa shape index (κ3) is 4.64. The summed E-state index contributed by atoms with van der Waals surface area (Å²) in [4.78, 5) is 30.1. The molecule has 33 heavy (non-hydrogen) atoms. The highest BCUT2D eigenvalue weighted by Crippen LogP contribution is 2.30. The molecule has 0 aliphatic rings. The van der Waals surface area contributed by atoms with Crippen LogP contribution in [0.4, 0.5) is 5.69 Å². The molecule has 4 aromatic rings. The molecule has 0 saturated carbocycles. The quantitative estimate of drug-likeness (QED) is 0.411. The lowest BCUT2D eigenvalue weighted by Gasteiger charge is -2.16. The van der Waals surface area contributed by atoms with Gasteiger partial charge in [0.15, 0.2) is 11.7 Å². The summed E-state index contributed by atoms with van der Waals surface area (Å²) in [5, 5.41) is 2.70. The van der Waals surface area contributed by atoms with Gasteiger partial charge in [-0.3, -0.25) is 4.79 Å². The molecule has 8 nitrogen and oxygen atoms in total. The van der Waals surface area contributed by atoms with E-state index in [0.717, 1.165) is 0 Å². The van der Waals surface area contributed by atoms with Crippen LogP contribution in [-0.2, 0) is 9.53 Å². The minimum atomic E-state index is -1.08. The normalized spacial score (nSPS) is 11.6. The first kappa shape index (κ1) is 21.9. The first-order chi connectivity index (χ1) is 16.0. The van der Waals surface area contributed by atoms with Crippen LogP contribution in [-0.4, -0.2) is 37.2 Å². The predicted molar refractivity (Wildman–Crippen MR) is 122 cm³/mol. The number of hydrogen-bond acceptors (Lipinski definition) is 7. The van der Waals surface area contributed by atoms with E-state index in [-0.39, 0.29) is 5.56 Å². The van der Waals surface area contributed by atoms with Crippen molar-refractivity contribution in [3.63, 3.8) is 0 Å². The Bertz CT molecular complexity index is 1280. The fourth-order valence-electron chi connectivity index (χ4n) is 3.26. The largest absolute Gasteiger partial charge is 0.497 e. The fraction of sp³-hybridized carbons (Fsp3) is 0.160. The Kier molecular flexibility index (Phi) is 6.26. The van der Waals surface area contributed by atoms with Gasteiger partial charge in [0.05, 0.1) is 31.0 Å². The second-order valence-corrected chi connectivity index (χ2v) is 7.14. The van der Waals surface area contributed by atoms with Gasteiger partial charge in [0.25, 0.3) is 5.91 Å². The molecule has 4 rings (SSSR count). The lowest BCUT2D eigenvalue weighted by Crippen LogP contribution is -2.30. The molecule has 0 radical (unpaired) electrons. The van der Waals surface area contributed by atoms with Crippen LogP contribution in [0.2, 0.25) is 0 Å². The molecule has 0 saturated heterocycles. The molecule has 3 aromatic carbocycles. The topological polar surface area (TPSA) is 99.9 Å². The van der Waals surface area contributed by atoms with Gasteiger partial charge in [0.2, 0.25) is 5.89 Å². The summed E-state index contributed by atoms with van der Waals surface area (Å²) in [6, 6.07) is 19.1. The summed E-state index contributed by atoms with van der Waals surface area (Å²) in [6.07, 6.45) is -1.08. The van der Waals surface area contributed by atoms with Crippen molar-refractivity contribution in [1.82, 2.24) is 4.98 Å². The number of amides is 1. The molecular formula is C25H22N2O6.